The first-order valence-electron chi connectivity index (χ1n) is 5.79. The Kier molecular flexibility index (Phi) is 4.17. The molecule has 0 amide bonds. The van der Waals surface area contributed by atoms with Crippen LogP contribution in [-0.2, 0) is 5.60 Å². The quantitative estimate of drug-likeness (QED) is 0.900. The summed E-state index contributed by atoms with van der Waals surface area (Å²) in [6.45, 7) is 1.22. The smallest absolute Gasteiger partial charge is 0.129 e. The molecular formula is C14H12BrF2NO2. The molecule has 2 aromatic rings. The van der Waals surface area contributed by atoms with Crippen LogP contribution < -0.4 is 0 Å². The van der Waals surface area contributed by atoms with Gasteiger partial charge in [-0.3, -0.25) is 4.98 Å². The molecule has 6 heteroatoms. The summed E-state index contributed by atoms with van der Waals surface area (Å²) in [7, 11) is 0. The van der Waals surface area contributed by atoms with E-state index in [1.807, 2.05) is 0 Å². The third kappa shape index (κ3) is 2.87. The standard InChI is InChI=1S/C14H12BrF2NO2/c1-14(20,11-5-10(16)2-3-12(11)17)13(19)8-4-9(15)7-18-6-8/h2-7,13,19-20H,1H3/t13-,14-/m1/s1. The number of aliphatic hydroxyl groups excluding tert-OH is 1. The highest BCUT2D eigenvalue weighted by Gasteiger charge is 2.36. The van der Waals surface area contributed by atoms with E-state index < -0.39 is 23.3 Å². The van der Waals surface area contributed by atoms with E-state index in [1.54, 1.807) is 6.07 Å². The van der Waals surface area contributed by atoms with Crippen LogP contribution >= 0.6 is 15.9 Å². The molecule has 0 bridgehead atoms. The van der Waals surface area contributed by atoms with Gasteiger partial charge in [0.1, 0.15) is 23.3 Å². The van der Waals surface area contributed by atoms with Gasteiger partial charge in [-0.15, -0.1) is 0 Å². The van der Waals surface area contributed by atoms with E-state index in [0.29, 0.717) is 4.47 Å². The lowest BCUT2D eigenvalue weighted by Gasteiger charge is -2.30. The summed E-state index contributed by atoms with van der Waals surface area (Å²) in [5, 5.41) is 20.6. The lowest BCUT2D eigenvalue weighted by atomic mass is 9.86. The van der Waals surface area contributed by atoms with Gasteiger partial charge in [0.2, 0.25) is 0 Å². The zero-order chi connectivity index (χ0) is 14.9. The average molecular weight is 344 g/mol. The van der Waals surface area contributed by atoms with Crippen molar-refractivity contribution in [2.45, 2.75) is 18.6 Å². The zero-order valence-electron chi connectivity index (χ0n) is 10.5. The summed E-state index contributed by atoms with van der Waals surface area (Å²) < 4.78 is 27.6. The molecule has 1 heterocycles. The average Bonchev–Trinajstić information content (AvgIpc) is 2.40. The molecule has 3 nitrogen and oxygen atoms in total. The monoisotopic (exact) mass is 343 g/mol. The SMILES string of the molecule is C[C@@](O)(c1cc(F)ccc1F)[C@H](O)c1cncc(Br)c1. The van der Waals surface area contributed by atoms with Gasteiger partial charge >= 0.3 is 0 Å². The van der Waals surface area contributed by atoms with Gasteiger partial charge < -0.3 is 10.2 Å². The Balaban J connectivity index is 2.46. The predicted octanol–water partition coefficient (Wildman–Crippen LogP) is 3.06. The van der Waals surface area contributed by atoms with Crippen LogP contribution in [0.15, 0.2) is 41.1 Å². The van der Waals surface area contributed by atoms with Crippen LogP contribution in [-0.4, -0.2) is 15.2 Å². The molecule has 0 radical (unpaired) electrons. The van der Waals surface area contributed by atoms with Crippen molar-refractivity contribution < 1.29 is 19.0 Å². The number of benzene rings is 1. The van der Waals surface area contributed by atoms with Gasteiger partial charge in [0.15, 0.2) is 0 Å². The van der Waals surface area contributed by atoms with Crippen molar-refractivity contribution in [1.82, 2.24) is 4.98 Å². The van der Waals surface area contributed by atoms with Crippen LogP contribution in [0.4, 0.5) is 8.78 Å². The molecular weight excluding hydrogens is 332 g/mol. The molecule has 0 fully saturated rings. The first-order chi connectivity index (χ1) is 9.32. The topological polar surface area (TPSA) is 53.4 Å². The molecule has 0 aliphatic heterocycles. The first-order valence-corrected chi connectivity index (χ1v) is 6.58. The Morgan fingerprint density at radius 3 is 2.60 bits per heavy atom. The third-order valence-corrected chi connectivity index (χ3v) is 3.48. The number of hydrogen-bond donors (Lipinski definition) is 2. The van der Waals surface area contributed by atoms with Gasteiger partial charge in [-0.2, -0.15) is 0 Å². The van der Waals surface area contributed by atoms with Gasteiger partial charge in [0, 0.05) is 28.0 Å². The second kappa shape index (κ2) is 5.55. The summed E-state index contributed by atoms with van der Waals surface area (Å²) in [6.07, 6.45) is 1.40. The summed E-state index contributed by atoms with van der Waals surface area (Å²) in [5.41, 5.74) is -2.02. The molecule has 1 aromatic heterocycles. The van der Waals surface area contributed by atoms with E-state index in [1.165, 1.54) is 19.3 Å². The largest absolute Gasteiger partial charge is 0.385 e. The Hall–Kier alpha value is -1.37. The summed E-state index contributed by atoms with van der Waals surface area (Å²) in [5.74, 6) is -1.49. The molecule has 2 rings (SSSR count). The summed E-state index contributed by atoms with van der Waals surface area (Å²) in [4.78, 5) is 3.87. The van der Waals surface area contributed by atoms with Crippen molar-refractivity contribution in [2.24, 2.45) is 0 Å². The minimum Gasteiger partial charge on any atom is -0.385 e. The zero-order valence-corrected chi connectivity index (χ0v) is 12.1. The summed E-state index contributed by atoms with van der Waals surface area (Å²) in [6, 6.07) is 4.26. The fourth-order valence-electron chi connectivity index (χ4n) is 1.94. The molecule has 2 atom stereocenters. The van der Waals surface area contributed by atoms with Crippen molar-refractivity contribution in [1.29, 1.82) is 0 Å². The third-order valence-electron chi connectivity index (χ3n) is 3.05. The normalized spacial score (nSPS) is 15.7. The van der Waals surface area contributed by atoms with E-state index in [0.717, 1.165) is 18.2 Å². The maximum atomic E-state index is 13.8. The fourth-order valence-corrected chi connectivity index (χ4v) is 2.32. The lowest BCUT2D eigenvalue weighted by Crippen LogP contribution is -2.31. The summed E-state index contributed by atoms with van der Waals surface area (Å²) >= 11 is 3.19. The Bertz CT molecular complexity index is 634. The van der Waals surface area contributed by atoms with Crippen LogP contribution in [0.2, 0.25) is 0 Å². The molecule has 0 spiro atoms. The number of rotatable bonds is 3. The van der Waals surface area contributed by atoms with Crippen molar-refractivity contribution in [2.75, 3.05) is 0 Å². The van der Waals surface area contributed by atoms with Gasteiger partial charge in [-0.25, -0.2) is 8.78 Å². The number of aromatic nitrogens is 1. The molecule has 20 heavy (non-hydrogen) atoms. The van der Waals surface area contributed by atoms with Crippen LogP contribution in [0.25, 0.3) is 0 Å². The molecule has 1 aromatic carbocycles. The van der Waals surface area contributed by atoms with Crippen LogP contribution in [0.5, 0.6) is 0 Å². The Labute approximate surface area is 123 Å². The molecule has 0 aliphatic carbocycles. The van der Waals surface area contributed by atoms with Gasteiger partial charge in [0.05, 0.1) is 0 Å². The Morgan fingerprint density at radius 2 is 1.95 bits per heavy atom. The van der Waals surface area contributed by atoms with E-state index in [2.05, 4.69) is 20.9 Å². The second-order valence-electron chi connectivity index (χ2n) is 4.61. The van der Waals surface area contributed by atoms with Gasteiger partial charge in [-0.05, 0) is 47.1 Å². The van der Waals surface area contributed by atoms with Crippen molar-refractivity contribution in [3.63, 3.8) is 0 Å². The number of pyridine rings is 1. The van der Waals surface area contributed by atoms with E-state index in [4.69, 9.17) is 0 Å². The fraction of sp³-hybridized carbons (Fsp3) is 0.214. The number of nitrogens with zero attached hydrogens (tertiary/aromatic N) is 1. The highest BCUT2D eigenvalue weighted by Crippen LogP contribution is 2.36. The van der Waals surface area contributed by atoms with Crippen LogP contribution in [0, 0.1) is 11.6 Å². The van der Waals surface area contributed by atoms with Crippen molar-refractivity contribution >= 4 is 15.9 Å². The van der Waals surface area contributed by atoms with E-state index in [9.17, 15) is 19.0 Å². The number of hydrogen-bond acceptors (Lipinski definition) is 3. The number of aliphatic hydroxyl groups is 2. The van der Waals surface area contributed by atoms with Gasteiger partial charge in [-0.1, -0.05) is 0 Å². The van der Waals surface area contributed by atoms with Crippen LogP contribution in [0.3, 0.4) is 0 Å². The van der Waals surface area contributed by atoms with E-state index >= 15 is 0 Å². The lowest BCUT2D eigenvalue weighted by molar-refractivity contribution is -0.0715. The maximum absolute atomic E-state index is 13.8. The second-order valence-corrected chi connectivity index (χ2v) is 5.53. The van der Waals surface area contributed by atoms with Crippen molar-refractivity contribution in [3.8, 4) is 0 Å². The first kappa shape index (κ1) is 15.0. The van der Waals surface area contributed by atoms with Crippen molar-refractivity contribution in [3.05, 3.63) is 63.9 Å². The molecule has 2 N–H and O–H groups in total. The minimum atomic E-state index is -1.99. The highest BCUT2D eigenvalue weighted by molar-refractivity contribution is 9.10. The van der Waals surface area contributed by atoms with Crippen LogP contribution in [0.1, 0.15) is 24.2 Å². The molecule has 0 saturated carbocycles. The predicted molar refractivity (Wildman–Crippen MR) is 72.8 cm³/mol. The molecule has 0 saturated heterocycles. The molecule has 0 unspecified atom stereocenters. The van der Waals surface area contributed by atoms with Gasteiger partial charge in [0.25, 0.3) is 0 Å². The highest BCUT2D eigenvalue weighted by atomic mass is 79.9. The number of halogens is 3. The molecule has 0 aliphatic rings. The maximum Gasteiger partial charge on any atom is 0.129 e. The van der Waals surface area contributed by atoms with E-state index in [-0.39, 0.29) is 11.1 Å². The molecule has 106 valence electrons. The minimum absolute atomic E-state index is 0.285. The Morgan fingerprint density at radius 1 is 1.25 bits per heavy atom.